The average Bonchev–Trinajstić information content (AvgIpc) is 3.00. The Morgan fingerprint density at radius 3 is 2.93 bits per heavy atom. The monoisotopic (exact) mass is 421 g/mol. The lowest BCUT2D eigenvalue weighted by molar-refractivity contribution is -0.0586. The van der Waals surface area contributed by atoms with Crippen LogP contribution in [0.5, 0.6) is 5.88 Å². The largest absolute Gasteiger partial charge is 0.379 e. The predicted octanol–water partition coefficient (Wildman–Crippen LogP) is 2.40. The first kappa shape index (κ1) is 20.7. The summed E-state index contributed by atoms with van der Waals surface area (Å²) in [6.07, 6.45) is 11.9. The van der Waals surface area contributed by atoms with E-state index in [1.165, 1.54) is 35.6 Å². The molecule has 160 valence electrons. The number of carbonyl (C=O) groups is 1. The third kappa shape index (κ3) is 4.63. The van der Waals surface area contributed by atoms with Crippen LogP contribution in [-0.2, 0) is 11.8 Å². The van der Waals surface area contributed by atoms with Crippen LogP contribution in [-0.4, -0.2) is 63.1 Å². The van der Waals surface area contributed by atoms with Gasteiger partial charge in [-0.1, -0.05) is 25.5 Å². The first-order valence-electron chi connectivity index (χ1n) is 10.4. The quantitative estimate of drug-likeness (QED) is 0.485. The summed E-state index contributed by atoms with van der Waals surface area (Å²) in [5, 5.41) is 4.10. The lowest BCUT2D eigenvalue weighted by atomic mass is 9.78. The number of aryl methyl sites for hydroxylation is 1. The van der Waals surface area contributed by atoms with Gasteiger partial charge in [0, 0.05) is 45.2 Å². The molecule has 1 N–H and O–H groups in total. The Morgan fingerprint density at radius 1 is 1.45 bits per heavy atom. The lowest BCUT2D eigenvalue weighted by Gasteiger charge is -2.47. The maximum absolute atomic E-state index is 12.5. The molecule has 1 saturated heterocycles. The summed E-state index contributed by atoms with van der Waals surface area (Å²) in [5.41, 5.74) is 3.16. The molecule has 1 aromatic heterocycles. The number of hydrogen-bond donors (Lipinski definition) is 1. The molecule has 4 rings (SSSR count). The second-order valence-corrected chi connectivity index (χ2v) is 9.33. The van der Waals surface area contributed by atoms with Crippen LogP contribution < -0.4 is 10.4 Å². The van der Waals surface area contributed by atoms with E-state index in [9.17, 15) is 4.79 Å². The van der Waals surface area contributed by atoms with Gasteiger partial charge in [-0.05, 0) is 48.6 Å². The molecule has 0 spiro atoms. The number of aromatic nitrogens is 2. The fourth-order valence-corrected chi connectivity index (χ4v) is 4.80. The van der Waals surface area contributed by atoms with Crippen LogP contribution in [0.1, 0.15) is 43.0 Å². The first-order chi connectivity index (χ1) is 14.0. The van der Waals surface area contributed by atoms with E-state index in [0.717, 1.165) is 31.2 Å². The number of amides is 1. The number of carbonyl (C=O) groups excluding carboxylic acids is 1. The van der Waals surface area contributed by atoms with Gasteiger partial charge >= 0.3 is 0 Å². The minimum Gasteiger partial charge on any atom is -0.379 e. The highest BCUT2D eigenvalue weighted by Gasteiger charge is 2.37. The van der Waals surface area contributed by atoms with E-state index in [1.807, 2.05) is 0 Å². The minimum absolute atomic E-state index is 0.123. The van der Waals surface area contributed by atoms with E-state index in [1.54, 1.807) is 25.0 Å². The van der Waals surface area contributed by atoms with Gasteiger partial charge in [0.15, 0.2) is 0 Å². The van der Waals surface area contributed by atoms with Crippen LogP contribution in [0.15, 0.2) is 18.3 Å². The van der Waals surface area contributed by atoms with Crippen molar-refractivity contribution in [1.29, 1.82) is 0 Å². The number of ether oxygens (including phenoxy) is 1. The molecular formula is C20H31N5O3S. The topological polar surface area (TPSA) is 71.9 Å². The van der Waals surface area contributed by atoms with Gasteiger partial charge in [0.25, 0.3) is 11.8 Å². The number of allylic oxidation sites excluding steroid dienone is 1. The molecular weight excluding hydrogens is 390 g/mol. The zero-order valence-electron chi connectivity index (χ0n) is 17.4. The summed E-state index contributed by atoms with van der Waals surface area (Å²) in [6.45, 7) is 4.31. The summed E-state index contributed by atoms with van der Waals surface area (Å²) in [6, 6.07) is 0.553. The predicted molar refractivity (Wildman–Crippen MR) is 112 cm³/mol. The highest BCUT2D eigenvalue weighted by molar-refractivity contribution is 7.97. The highest BCUT2D eigenvalue weighted by atomic mass is 32.2. The van der Waals surface area contributed by atoms with Gasteiger partial charge < -0.3 is 9.57 Å². The van der Waals surface area contributed by atoms with Crippen molar-refractivity contribution in [2.75, 3.05) is 26.0 Å². The number of nitrogens with one attached hydrogen (secondary N) is 1. The Kier molecular flexibility index (Phi) is 6.48. The molecule has 1 unspecified atom stereocenters. The molecule has 0 bridgehead atoms. The van der Waals surface area contributed by atoms with Crippen molar-refractivity contribution in [1.82, 2.24) is 24.7 Å². The second kappa shape index (κ2) is 9.07. The number of rotatable bonds is 9. The Labute approximate surface area is 176 Å². The van der Waals surface area contributed by atoms with Crippen LogP contribution in [0.4, 0.5) is 0 Å². The Bertz CT molecular complexity index is 744. The van der Waals surface area contributed by atoms with Gasteiger partial charge in [0.2, 0.25) is 0 Å². The fraction of sp³-hybridized carbons (Fsp3) is 0.700. The smallest absolute Gasteiger partial charge is 0.288 e. The number of nitrogens with zero attached hydrogens (tertiary/aromatic N) is 4. The molecule has 0 radical (unpaired) electrons. The van der Waals surface area contributed by atoms with Gasteiger partial charge in [-0.25, -0.2) is 0 Å². The van der Waals surface area contributed by atoms with Crippen LogP contribution in [0.25, 0.3) is 0 Å². The first-order valence-corrected chi connectivity index (χ1v) is 11.4. The third-order valence-corrected chi connectivity index (χ3v) is 7.28. The standard InChI is InChI=1S/C20H31N5O3S/c1-14(13-29-25-20(26)17-12-23(2)21-19(17)28-22-25)6-4-9-18(15-7-5-8-15)24-10-16(11-24)27-3/h4,9,12,14-16,18,22H,5-8,10-11,13H2,1-3H3/b9-4+/t14-,18?/m0/s1. The van der Waals surface area contributed by atoms with E-state index in [2.05, 4.69) is 34.7 Å². The zero-order chi connectivity index (χ0) is 20.4. The normalized spacial score (nSPS) is 22.9. The van der Waals surface area contributed by atoms with E-state index in [4.69, 9.17) is 9.57 Å². The summed E-state index contributed by atoms with van der Waals surface area (Å²) in [4.78, 5) is 20.4. The molecule has 2 aliphatic heterocycles. The van der Waals surface area contributed by atoms with Crippen molar-refractivity contribution in [3.63, 3.8) is 0 Å². The molecule has 9 heteroatoms. The SMILES string of the molecule is COC1CN(C(/C=C/C[C@H](C)CSN2NOc3nn(C)cc3C2=O)C2CCC2)C1. The molecule has 3 heterocycles. The van der Waals surface area contributed by atoms with E-state index >= 15 is 0 Å². The van der Waals surface area contributed by atoms with E-state index in [0.29, 0.717) is 29.5 Å². The van der Waals surface area contributed by atoms with Crippen molar-refractivity contribution in [3.05, 3.63) is 23.9 Å². The maximum Gasteiger partial charge on any atom is 0.288 e. The number of hydrogen-bond acceptors (Lipinski definition) is 7. The third-order valence-electron chi connectivity index (χ3n) is 6.06. The molecule has 1 saturated carbocycles. The van der Waals surface area contributed by atoms with Gasteiger partial charge in [-0.3, -0.25) is 14.4 Å². The van der Waals surface area contributed by atoms with Crippen LogP contribution in [0.3, 0.4) is 0 Å². The van der Waals surface area contributed by atoms with Crippen molar-refractivity contribution in [2.24, 2.45) is 18.9 Å². The van der Waals surface area contributed by atoms with E-state index < -0.39 is 0 Å². The molecule has 0 aromatic carbocycles. The number of methoxy groups -OCH3 is 1. The van der Waals surface area contributed by atoms with Crippen molar-refractivity contribution >= 4 is 17.9 Å². The van der Waals surface area contributed by atoms with Crippen molar-refractivity contribution in [3.8, 4) is 5.88 Å². The minimum atomic E-state index is -0.123. The summed E-state index contributed by atoms with van der Waals surface area (Å²) in [5.74, 6) is 2.28. The van der Waals surface area contributed by atoms with Crippen LogP contribution in [0, 0.1) is 11.8 Å². The highest BCUT2D eigenvalue weighted by Crippen LogP contribution is 2.35. The van der Waals surface area contributed by atoms with Crippen LogP contribution in [0.2, 0.25) is 0 Å². The molecule has 1 amide bonds. The maximum atomic E-state index is 12.5. The lowest BCUT2D eigenvalue weighted by Crippen LogP contribution is -2.58. The molecule has 8 nitrogen and oxygen atoms in total. The zero-order valence-corrected chi connectivity index (χ0v) is 18.2. The Morgan fingerprint density at radius 2 is 2.24 bits per heavy atom. The molecule has 3 aliphatic rings. The Hall–Kier alpha value is -1.55. The Balaban J connectivity index is 1.23. The van der Waals surface area contributed by atoms with Crippen LogP contribution >= 0.6 is 11.9 Å². The molecule has 1 aromatic rings. The van der Waals surface area contributed by atoms with Gasteiger partial charge in [-0.15, -0.1) is 5.10 Å². The summed E-state index contributed by atoms with van der Waals surface area (Å²) < 4.78 is 8.47. The van der Waals surface area contributed by atoms with Gasteiger partial charge in [0.05, 0.1) is 6.10 Å². The summed E-state index contributed by atoms with van der Waals surface area (Å²) in [7, 11) is 3.57. The van der Waals surface area contributed by atoms with Crippen molar-refractivity contribution < 1.29 is 14.4 Å². The second-order valence-electron chi connectivity index (χ2n) is 8.37. The molecule has 29 heavy (non-hydrogen) atoms. The van der Waals surface area contributed by atoms with Gasteiger partial charge in [0.1, 0.15) is 5.56 Å². The number of fused-ring (bicyclic) bond motifs is 1. The average molecular weight is 422 g/mol. The molecule has 1 aliphatic carbocycles. The number of hydrazine groups is 1. The van der Waals surface area contributed by atoms with Crippen molar-refractivity contribution in [2.45, 2.75) is 44.8 Å². The summed E-state index contributed by atoms with van der Waals surface area (Å²) >= 11 is 1.44. The van der Waals surface area contributed by atoms with E-state index in [-0.39, 0.29) is 5.91 Å². The molecule has 2 fully saturated rings. The fourth-order valence-electron chi connectivity index (χ4n) is 3.95. The van der Waals surface area contributed by atoms with Gasteiger partial charge in [-0.2, -0.15) is 4.41 Å². The molecule has 2 atom stereocenters. The number of likely N-dealkylation sites (tertiary alicyclic amines) is 1.